The van der Waals surface area contributed by atoms with E-state index in [4.69, 9.17) is 11.6 Å². The Hall–Kier alpha value is -1.02. The fourth-order valence-electron chi connectivity index (χ4n) is 1.68. The van der Waals surface area contributed by atoms with Gasteiger partial charge in [-0.15, -0.1) is 0 Å². The minimum absolute atomic E-state index is 0.429. The summed E-state index contributed by atoms with van der Waals surface area (Å²) in [5.41, 5.74) is 3.34. The molecule has 0 atom stereocenters. The lowest BCUT2D eigenvalue weighted by molar-refractivity contribution is 0.841. The molecule has 0 aliphatic heterocycles. The molecule has 0 aliphatic carbocycles. The number of aryl methyl sites for hydroxylation is 1. The van der Waals surface area contributed by atoms with Crippen LogP contribution in [0, 0.1) is 6.92 Å². The lowest BCUT2D eigenvalue weighted by atomic mass is 10.1. The first kappa shape index (κ1) is 9.53. The molecule has 2 aromatic rings. The van der Waals surface area contributed by atoms with E-state index in [2.05, 4.69) is 23.2 Å². The normalized spacial score (nSPS) is 11.5. The first-order valence-electron chi connectivity index (χ1n) is 4.72. The Balaban J connectivity index is 2.78. The summed E-state index contributed by atoms with van der Waals surface area (Å²) in [5, 5.41) is 0.775. The van der Waals surface area contributed by atoms with Crippen molar-refractivity contribution in [2.75, 3.05) is 0 Å². The van der Waals surface area contributed by atoms with Crippen LogP contribution in [0.15, 0.2) is 18.5 Å². The smallest absolute Gasteiger partial charge is 0.0997 e. The van der Waals surface area contributed by atoms with Gasteiger partial charge in [-0.25, -0.2) is 4.98 Å². The maximum Gasteiger partial charge on any atom is 0.0997 e. The maximum absolute atomic E-state index is 6.02. The molecule has 74 valence electrons. The molecule has 2 heterocycles. The fraction of sp³-hybridized carbons (Fsp3) is 0.364. The Kier molecular flexibility index (Phi) is 2.23. The lowest BCUT2D eigenvalue weighted by Gasteiger charge is -2.04. The van der Waals surface area contributed by atoms with Crippen molar-refractivity contribution in [3.63, 3.8) is 0 Å². The third kappa shape index (κ3) is 1.40. The molecule has 0 saturated carbocycles. The van der Waals surface area contributed by atoms with Crippen LogP contribution in [0.2, 0.25) is 5.02 Å². The number of hydrogen-bond donors (Lipinski definition) is 0. The Bertz CT molecular complexity index is 471. The second-order valence-corrected chi connectivity index (χ2v) is 4.29. The Morgan fingerprint density at radius 3 is 2.71 bits per heavy atom. The number of aromatic nitrogens is 2. The molecule has 2 nitrogen and oxygen atoms in total. The number of imidazole rings is 1. The molecular weight excluding hydrogens is 196 g/mol. The van der Waals surface area contributed by atoms with Gasteiger partial charge in [0.15, 0.2) is 0 Å². The van der Waals surface area contributed by atoms with Crippen LogP contribution in [0.3, 0.4) is 0 Å². The van der Waals surface area contributed by atoms with Crippen molar-refractivity contribution in [1.82, 2.24) is 9.38 Å². The van der Waals surface area contributed by atoms with Gasteiger partial charge in [0.2, 0.25) is 0 Å². The number of hydrogen-bond acceptors (Lipinski definition) is 1. The summed E-state index contributed by atoms with van der Waals surface area (Å²) in [4.78, 5) is 4.40. The minimum atomic E-state index is 0.429. The number of nitrogens with zero attached hydrogens (tertiary/aromatic N) is 2. The van der Waals surface area contributed by atoms with E-state index in [0.717, 1.165) is 21.9 Å². The van der Waals surface area contributed by atoms with Gasteiger partial charge in [0.1, 0.15) is 0 Å². The first-order valence-corrected chi connectivity index (χ1v) is 5.10. The topological polar surface area (TPSA) is 17.3 Å². The Labute approximate surface area is 88.5 Å². The largest absolute Gasteiger partial charge is 0.303 e. The van der Waals surface area contributed by atoms with Crippen molar-refractivity contribution in [1.29, 1.82) is 0 Å². The highest BCUT2D eigenvalue weighted by molar-refractivity contribution is 6.31. The average molecular weight is 209 g/mol. The summed E-state index contributed by atoms with van der Waals surface area (Å²) in [5.74, 6) is 0.429. The quantitative estimate of drug-likeness (QED) is 0.702. The summed E-state index contributed by atoms with van der Waals surface area (Å²) < 4.78 is 2.07. The van der Waals surface area contributed by atoms with E-state index < -0.39 is 0 Å². The summed E-state index contributed by atoms with van der Waals surface area (Å²) in [6, 6.07) is 3.91. The zero-order valence-corrected chi connectivity index (χ0v) is 9.34. The standard InChI is InChI=1S/C11H13ClN2/c1-7(2)11-10-5-9(12)4-8(3)14(10)6-13-11/h4-7H,1-3H3. The number of rotatable bonds is 1. The van der Waals surface area contributed by atoms with E-state index in [-0.39, 0.29) is 0 Å². The van der Waals surface area contributed by atoms with Crippen LogP contribution >= 0.6 is 11.6 Å². The lowest BCUT2D eigenvalue weighted by Crippen LogP contribution is -1.92. The van der Waals surface area contributed by atoms with E-state index in [1.807, 2.05) is 25.4 Å². The van der Waals surface area contributed by atoms with Crippen molar-refractivity contribution in [3.8, 4) is 0 Å². The zero-order valence-electron chi connectivity index (χ0n) is 8.58. The predicted octanol–water partition coefficient (Wildman–Crippen LogP) is 3.42. The molecule has 0 aliphatic rings. The number of pyridine rings is 1. The van der Waals surface area contributed by atoms with Gasteiger partial charge in [0, 0.05) is 10.7 Å². The fourth-order valence-corrected chi connectivity index (χ4v) is 1.94. The Morgan fingerprint density at radius 2 is 2.07 bits per heavy atom. The molecule has 2 rings (SSSR count). The SMILES string of the molecule is Cc1cc(Cl)cc2c(C(C)C)ncn12. The third-order valence-electron chi connectivity index (χ3n) is 2.38. The molecule has 0 N–H and O–H groups in total. The summed E-state index contributed by atoms with van der Waals surface area (Å²) in [7, 11) is 0. The van der Waals surface area contributed by atoms with E-state index in [0.29, 0.717) is 5.92 Å². The molecule has 0 unspecified atom stereocenters. The van der Waals surface area contributed by atoms with Gasteiger partial charge in [0.25, 0.3) is 0 Å². The predicted molar refractivity (Wildman–Crippen MR) is 59.0 cm³/mol. The maximum atomic E-state index is 6.02. The van der Waals surface area contributed by atoms with Crippen LogP contribution in [-0.2, 0) is 0 Å². The highest BCUT2D eigenvalue weighted by Crippen LogP contribution is 2.23. The molecule has 0 aromatic carbocycles. The van der Waals surface area contributed by atoms with Crippen LogP contribution in [-0.4, -0.2) is 9.38 Å². The van der Waals surface area contributed by atoms with E-state index >= 15 is 0 Å². The monoisotopic (exact) mass is 208 g/mol. The minimum Gasteiger partial charge on any atom is -0.303 e. The molecular formula is C11H13ClN2. The third-order valence-corrected chi connectivity index (χ3v) is 2.60. The van der Waals surface area contributed by atoms with Crippen molar-refractivity contribution < 1.29 is 0 Å². The molecule has 0 saturated heterocycles. The van der Waals surface area contributed by atoms with Crippen LogP contribution in [0.1, 0.15) is 31.2 Å². The molecule has 0 amide bonds. The van der Waals surface area contributed by atoms with Gasteiger partial charge >= 0.3 is 0 Å². The van der Waals surface area contributed by atoms with Crippen LogP contribution in [0.4, 0.5) is 0 Å². The summed E-state index contributed by atoms with van der Waals surface area (Å²) in [6.07, 6.45) is 1.86. The molecule has 2 aromatic heterocycles. The first-order chi connectivity index (χ1) is 6.59. The van der Waals surface area contributed by atoms with Gasteiger partial charge in [-0.2, -0.15) is 0 Å². The van der Waals surface area contributed by atoms with E-state index in [9.17, 15) is 0 Å². The van der Waals surface area contributed by atoms with Crippen molar-refractivity contribution in [2.45, 2.75) is 26.7 Å². The van der Waals surface area contributed by atoms with Gasteiger partial charge < -0.3 is 4.40 Å². The molecule has 0 fully saturated rings. The van der Waals surface area contributed by atoms with E-state index in [1.54, 1.807) is 0 Å². The molecule has 0 radical (unpaired) electrons. The van der Waals surface area contributed by atoms with E-state index in [1.165, 1.54) is 0 Å². The number of halogens is 1. The zero-order chi connectivity index (χ0) is 10.3. The second kappa shape index (κ2) is 3.28. The highest BCUT2D eigenvalue weighted by Gasteiger charge is 2.09. The molecule has 3 heteroatoms. The summed E-state index contributed by atoms with van der Waals surface area (Å²) >= 11 is 6.02. The second-order valence-electron chi connectivity index (χ2n) is 3.85. The van der Waals surface area contributed by atoms with Crippen molar-refractivity contribution in [2.24, 2.45) is 0 Å². The summed E-state index contributed by atoms with van der Waals surface area (Å²) in [6.45, 7) is 6.31. The molecule has 0 bridgehead atoms. The van der Waals surface area contributed by atoms with Gasteiger partial charge in [0.05, 0.1) is 17.5 Å². The van der Waals surface area contributed by atoms with Gasteiger partial charge in [-0.05, 0) is 25.0 Å². The highest BCUT2D eigenvalue weighted by atomic mass is 35.5. The average Bonchev–Trinajstić information content (AvgIpc) is 2.47. The molecule has 14 heavy (non-hydrogen) atoms. The van der Waals surface area contributed by atoms with Crippen molar-refractivity contribution in [3.05, 3.63) is 34.9 Å². The van der Waals surface area contributed by atoms with Crippen LogP contribution in [0.25, 0.3) is 5.52 Å². The van der Waals surface area contributed by atoms with Gasteiger partial charge in [-0.1, -0.05) is 25.4 Å². The van der Waals surface area contributed by atoms with Gasteiger partial charge in [-0.3, -0.25) is 0 Å². The Morgan fingerprint density at radius 1 is 1.36 bits per heavy atom. The molecule has 0 spiro atoms. The van der Waals surface area contributed by atoms with Crippen molar-refractivity contribution >= 4 is 17.1 Å². The number of fused-ring (bicyclic) bond motifs is 1. The van der Waals surface area contributed by atoms with Crippen LogP contribution < -0.4 is 0 Å². The van der Waals surface area contributed by atoms with Crippen LogP contribution in [0.5, 0.6) is 0 Å².